The molecule has 5 aromatic rings. The molecule has 0 unspecified atom stereocenters. The van der Waals surface area contributed by atoms with Gasteiger partial charge in [-0.2, -0.15) is 18.9 Å². The fourth-order valence-electron chi connectivity index (χ4n) is 4.00. The Kier molecular flexibility index (Phi) is 8.27. The van der Waals surface area contributed by atoms with Crippen LogP contribution in [0.3, 0.4) is 0 Å². The zero-order chi connectivity index (χ0) is 30.6. The average molecular weight is 589 g/mol. The van der Waals surface area contributed by atoms with Crippen LogP contribution in [0, 0.1) is 17.7 Å². The molecule has 2 aromatic carbocycles. The Morgan fingerprint density at radius 2 is 1.91 bits per heavy atom. The molecule has 3 heterocycles. The van der Waals surface area contributed by atoms with Crippen molar-refractivity contribution in [3.63, 3.8) is 0 Å². The second-order valence-electron chi connectivity index (χ2n) is 10.8. The van der Waals surface area contributed by atoms with Crippen LogP contribution in [0.2, 0.25) is 0 Å². The van der Waals surface area contributed by atoms with Crippen molar-refractivity contribution in [2.45, 2.75) is 45.3 Å². The maximum atomic E-state index is 15.0. The number of nitrogens with one attached hydrogen (secondary N) is 1. The molecule has 0 aliphatic rings. The Morgan fingerprint density at radius 3 is 2.63 bits per heavy atom. The highest BCUT2D eigenvalue weighted by molar-refractivity contribution is 5.90. The molecular formula is C31H27F3N6O3. The third-order valence-corrected chi connectivity index (χ3v) is 6.23. The van der Waals surface area contributed by atoms with E-state index < -0.39 is 29.7 Å². The van der Waals surface area contributed by atoms with Crippen molar-refractivity contribution < 1.29 is 27.2 Å². The Labute approximate surface area is 245 Å². The Morgan fingerprint density at radius 1 is 1.12 bits per heavy atom. The number of benzene rings is 2. The summed E-state index contributed by atoms with van der Waals surface area (Å²) in [6.07, 6.45) is 2.76. The molecular weight excluding hydrogens is 561 g/mol. The lowest BCUT2D eigenvalue weighted by Crippen LogP contribution is -2.24. The fourth-order valence-corrected chi connectivity index (χ4v) is 4.00. The standard InChI is InChI=1S/C31H27F3N6O3/c1-30(2,3)29-38-27(39-43-29)28(41)35-15-23-10-9-22(14-24(23)32)26-25-13-21(16-40(25)37-19-36-26)11-12-31(33,34)18-42-17-20-7-5-4-6-8-20/h4-10,13-14,16,19H,15,17-18H2,1-3H3,(H,35,41). The van der Waals surface area contributed by atoms with Crippen molar-refractivity contribution in [1.82, 2.24) is 30.1 Å². The number of aromatic nitrogens is 5. The third kappa shape index (κ3) is 7.25. The number of amides is 1. The van der Waals surface area contributed by atoms with Gasteiger partial charge in [-0.25, -0.2) is 13.9 Å². The summed E-state index contributed by atoms with van der Waals surface area (Å²) in [6, 6.07) is 15.0. The molecule has 5 rings (SSSR count). The van der Waals surface area contributed by atoms with Gasteiger partial charge in [0.05, 0.1) is 17.8 Å². The molecule has 1 N–H and O–H groups in total. The van der Waals surface area contributed by atoms with Gasteiger partial charge in [0.1, 0.15) is 18.8 Å². The van der Waals surface area contributed by atoms with Crippen LogP contribution in [0.15, 0.2) is 71.6 Å². The fraction of sp³-hybridized carbons (Fsp3) is 0.258. The van der Waals surface area contributed by atoms with Crippen LogP contribution in [-0.2, 0) is 23.3 Å². The minimum absolute atomic E-state index is 0.0476. The first-order valence-electron chi connectivity index (χ1n) is 13.3. The van der Waals surface area contributed by atoms with Crippen LogP contribution in [0.1, 0.15) is 54.0 Å². The number of nitrogens with zero attached hydrogens (tertiary/aromatic N) is 5. The number of hydrogen-bond donors (Lipinski definition) is 1. The van der Waals surface area contributed by atoms with Gasteiger partial charge >= 0.3 is 5.92 Å². The summed E-state index contributed by atoms with van der Waals surface area (Å²) in [6.45, 7) is 4.69. The van der Waals surface area contributed by atoms with E-state index in [4.69, 9.17) is 9.26 Å². The van der Waals surface area contributed by atoms with E-state index in [2.05, 4.69) is 31.5 Å². The van der Waals surface area contributed by atoms with Gasteiger partial charge in [0.15, 0.2) is 0 Å². The van der Waals surface area contributed by atoms with Crippen LogP contribution in [0.25, 0.3) is 16.8 Å². The average Bonchev–Trinajstić information content (AvgIpc) is 3.64. The van der Waals surface area contributed by atoms with Crippen molar-refractivity contribution >= 4 is 11.4 Å². The monoisotopic (exact) mass is 588 g/mol. The van der Waals surface area contributed by atoms with Crippen molar-refractivity contribution in [1.29, 1.82) is 0 Å². The van der Waals surface area contributed by atoms with Gasteiger partial charge in [-0.15, -0.1) is 0 Å². The summed E-state index contributed by atoms with van der Waals surface area (Å²) in [7, 11) is 0. The highest BCUT2D eigenvalue weighted by Gasteiger charge is 2.26. The van der Waals surface area contributed by atoms with E-state index >= 15 is 4.39 Å². The number of hydrogen-bond acceptors (Lipinski definition) is 7. The van der Waals surface area contributed by atoms with E-state index in [-0.39, 0.29) is 30.1 Å². The maximum absolute atomic E-state index is 15.0. The topological polar surface area (TPSA) is 107 Å². The lowest BCUT2D eigenvalue weighted by Gasteiger charge is -2.10. The predicted octanol–water partition coefficient (Wildman–Crippen LogP) is 5.35. The van der Waals surface area contributed by atoms with Gasteiger partial charge in [0, 0.05) is 34.8 Å². The molecule has 0 spiro atoms. The molecule has 0 bridgehead atoms. The normalized spacial score (nSPS) is 11.8. The Bertz CT molecular complexity index is 1820. The van der Waals surface area contributed by atoms with E-state index in [9.17, 15) is 13.6 Å². The van der Waals surface area contributed by atoms with E-state index in [1.54, 1.807) is 36.4 Å². The van der Waals surface area contributed by atoms with Crippen LogP contribution in [0.5, 0.6) is 0 Å². The van der Waals surface area contributed by atoms with E-state index in [1.165, 1.54) is 29.2 Å². The SMILES string of the molecule is CC(C)(C)c1nc(C(=O)NCc2ccc(-c3ncnn4cc(C#CC(F)(F)COCc5ccccc5)cc34)cc2F)no1. The molecule has 12 heteroatoms. The summed E-state index contributed by atoms with van der Waals surface area (Å²) in [5.74, 6) is 0.0469. The number of carbonyl (C=O) groups excluding carboxylic acids is 1. The van der Waals surface area contributed by atoms with Crippen LogP contribution < -0.4 is 5.32 Å². The first kappa shape index (κ1) is 29.5. The van der Waals surface area contributed by atoms with Crippen molar-refractivity contribution in [2.75, 3.05) is 6.61 Å². The third-order valence-electron chi connectivity index (χ3n) is 6.23. The van der Waals surface area contributed by atoms with Gasteiger partial charge < -0.3 is 14.6 Å². The quantitative estimate of drug-likeness (QED) is 0.244. The summed E-state index contributed by atoms with van der Waals surface area (Å²) >= 11 is 0. The Balaban J connectivity index is 1.26. The maximum Gasteiger partial charge on any atom is 0.331 e. The summed E-state index contributed by atoms with van der Waals surface area (Å²) in [4.78, 5) is 20.8. The molecule has 0 aliphatic carbocycles. The molecule has 0 fully saturated rings. The first-order valence-corrected chi connectivity index (χ1v) is 13.3. The molecule has 0 aliphatic heterocycles. The van der Waals surface area contributed by atoms with E-state index in [0.29, 0.717) is 22.7 Å². The van der Waals surface area contributed by atoms with E-state index in [0.717, 1.165) is 5.56 Å². The molecule has 0 saturated carbocycles. The Hall–Kier alpha value is -5.02. The molecule has 1 amide bonds. The molecule has 0 saturated heterocycles. The molecule has 3 aromatic heterocycles. The summed E-state index contributed by atoms with van der Waals surface area (Å²) in [5.41, 5.74) is 2.10. The zero-order valence-corrected chi connectivity index (χ0v) is 23.6. The minimum atomic E-state index is -3.37. The second kappa shape index (κ2) is 12.1. The van der Waals surface area contributed by atoms with Crippen LogP contribution >= 0.6 is 0 Å². The second-order valence-corrected chi connectivity index (χ2v) is 10.8. The van der Waals surface area contributed by atoms with Gasteiger partial charge in [0.25, 0.3) is 11.7 Å². The lowest BCUT2D eigenvalue weighted by molar-refractivity contribution is -0.0385. The van der Waals surface area contributed by atoms with Gasteiger partial charge in [-0.3, -0.25) is 4.79 Å². The van der Waals surface area contributed by atoms with Crippen LogP contribution in [-0.4, -0.2) is 43.2 Å². The summed E-state index contributed by atoms with van der Waals surface area (Å²) < 4.78 is 55.4. The van der Waals surface area contributed by atoms with Crippen LogP contribution in [0.4, 0.5) is 13.2 Å². The number of ether oxygens (including phenoxy) is 1. The van der Waals surface area contributed by atoms with Crippen molar-refractivity contribution in [3.8, 4) is 23.1 Å². The highest BCUT2D eigenvalue weighted by atomic mass is 19.3. The molecule has 9 nitrogen and oxygen atoms in total. The van der Waals surface area contributed by atoms with E-state index in [1.807, 2.05) is 32.8 Å². The number of halogens is 3. The first-order chi connectivity index (χ1) is 20.5. The number of carbonyl (C=O) groups is 1. The molecule has 220 valence electrons. The van der Waals surface area contributed by atoms with Gasteiger partial charge in [0.2, 0.25) is 5.89 Å². The molecule has 43 heavy (non-hydrogen) atoms. The van der Waals surface area contributed by atoms with Crippen molar-refractivity contribution in [2.24, 2.45) is 0 Å². The molecule has 0 atom stereocenters. The minimum Gasteiger partial charge on any atom is -0.369 e. The summed E-state index contributed by atoms with van der Waals surface area (Å²) in [5, 5.41) is 10.4. The zero-order valence-electron chi connectivity index (χ0n) is 23.6. The smallest absolute Gasteiger partial charge is 0.331 e. The van der Waals surface area contributed by atoms with Gasteiger partial charge in [-0.05, 0) is 23.6 Å². The lowest BCUT2D eigenvalue weighted by atomic mass is 9.97. The predicted molar refractivity (Wildman–Crippen MR) is 150 cm³/mol. The molecule has 0 radical (unpaired) electrons. The van der Waals surface area contributed by atoms with Gasteiger partial charge in [-0.1, -0.05) is 74.3 Å². The largest absolute Gasteiger partial charge is 0.369 e. The number of rotatable bonds is 8. The van der Waals surface area contributed by atoms with Crippen molar-refractivity contribution in [3.05, 3.63) is 101 Å². The number of alkyl halides is 2. The highest BCUT2D eigenvalue weighted by Crippen LogP contribution is 2.26. The number of fused-ring (bicyclic) bond motifs is 1.